The lowest BCUT2D eigenvalue weighted by atomic mass is 10.1. The van der Waals surface area contributed by atoms with Crippen LogP contribution in [0, 0.1) is 12.7 Å². The Balaban J connectivity index is 1.48. The van der Waals surface area contributed by atoms with E-state index in [2.05, 4.69) is 15.5 Å². The van der Waals surface area contributed by atoms with Crippen LogP contribution in [-0.2, 0) is 13.0 Å². The van der Waals surface area contributed by atoms with E-state index in [1.54, 1.807) is 13.0 Å². The largest absolute Gasteiger partial charge is 0.489 e. The van der Waals surface area contributed by atoms with Gasteiger partial charge in [-0.25, -0.2) is 4.39 Å². The topological polar surface area (TPSA) is 77.2 Å². The van der Waals surface area contributed by atoms with Gasteiger partial charge in [-0.15, -0.1) is 11.3 Å². The van der Waals surface area contributed by atoms with Crippen LogP contribution in [0.3, 0.4) is 0 Å². The number of ether oxygens (including phenoxy) is 1. The number of halogens is 1. The number of benzene rings is 2. The number of aromatic nitrogens is 2. The van der Waals surface area contributed by atoms with Crippen molar-refractivity contribution in [2.24, 2.45) is 0 Å². The Bertz CT molecular complexity index is 1160. The fourth-order valence-electron chi connectivity index (χ4n) is 3.12. The molecule has 0 spiro atoms. The molecule has 6 nitrogen and oxygen atoms in total. The van der Waals surface area contributed by atoms with Gasteiger partial charge < -0.3 is 14.6 Å². The van der Waals surface area contributed by atoms with Crippen LogP contribution in [0.2, 0.25) is 0 Å². The molecule has 2 aromatic carbocycles. The lowest BCUT2D eigenvalue weighted by Crippen LogP contribution is -2.25. The number of rotatable bonds is 8. The van der Waals surface area contributed by atoms with Crippen LogP contribution < -0.4 is 10.1 Å². The molecule has 0 aliphatic heterocycles. The molecule has 154 valence electrons. The molecule has 8 heteroatoms. The zero-order valence-electron chi connectivity index (χ0n) is 16.4. The fourth-order valence-corrected chi connectivity index (χ4v) is 4.26. The van der Waals surface area contributed by atoms with Crippen molar-refractivity contribution in [2.75, 3.05) is 6.54 Å². The summed E-state index contributed by atoms with van der Waals surface area (Å²) in [5.74, 6) is 1.19. The van der Waals surface area contributed by atoms with Gasteiger partial charge >= 0.3 is 0 Å². The van der Waals surface area contributed by atoms with Crippen LogP contribution in [0.4, 0.5) is 4.39 Å². The van der Waals surface area contributed by atoms with Crippen LogP contribution >= 0.6 is 11.3 Å². The van der Waals surface area contributed by atoms with E-state index >= 15 is 0 Å². The first kappa shape index (κ1) is 20.0. The molecule has 2 heterocycles. The van der Waals surface area contributed by atoms with E-state index in [4.69, 9.17) is 9.26 Å². The molecule has 0 bridgehead atoms. The first-order valence-electron chi connectivity index (χ1n) is 9.57. The molecule has 0 unspecified atom stereocenters. The summed E-state index contributed by atoms with van der Waals surface area (Å²) in [5.41, 5.74) is 0.557. The fraction of sp³-hybridized carbons (Fsp3) is 0.227. The summed E-state index contributed by atoms with van der Waals surface area (Å²) in [7, 11) is 0. The molecule has 4 aromatic rings. The maximum Gasteiger partial charge on any atom is 0.261 e. The predicted molar refractivity (Wildman–Crippen MR) is 112 cm³/mol. The zero-order valence-corrected chi connectivity index (χ0v) is 17.2. The Morgan fingerprint density at radius 2 is 2.03 bits per heavy atom. The van der Waals surface area contributed by atoms with E-state index in [9.17, 15) is 9.18 Å². The molecule has 2 aromatic heterocycles. The molecule has 0 atom stereocenters. The lowest BCUT2D eigenvalue weighted by molar-refractivity contribution is 0.0955. The summed E-state index contributed by atoms with van der Waals surface area (Å²) in [4.78, 5) is 17.4. The van der Waals surface area contributed by atoms with E-state index in [-0.39, 0.29) is 18.3 Å². The minimum atomic E-state index is -0.360. The second-order valence-electron chi connectivity index (χ2n) is 6.72. The van der Waals surface area contributed by atoms with Crippen LogP contribution in [0.15, 0.2) is 53.1 Å². The third-order valence-electron chi connectivity index (χ3n) is 4.52. The molecule has 1 amide bonds. The monoisotopic (exact) mass is 425 g/mol. The van der Waals surface area contributed by atoms with Gasteiger partial charge in [-0.05, 0) is 37.6 Å². The molecule has 0 radical (unpaired) electrons. The smallest absolute Gasteiger partial charge is 0.261 e. The first-order valence-corrected chi connectivity index (χ1v) is 10.4. The third-order valence-corrected chi connectivity index (χ3v) is 5.71. The molecule has 30 heavy (non-hydrogen) atoms. The Morgan fingerprint density at radius 3 is 2.80 bits per heavy atom. The first-order chi connectivity index (χ1) is 14.6. The van der Waals surface area contributed by atoms with Crippen molar-refractivity contribution in [1.29, 1.82) is 0 Å². The van der Waals surface area contributed by atoms with Crippen molar-refractivity contribution < 1.29 is 18.4 Å². The van der Waals surface area contributed by atoms with Gasteiger partial charge in [0.05, 0.1) is 4.88 Å². The molecule has 0 saturated heterocycles. The van der Waals surface area contributed by atoms with Gasteiger partial charge in [0.25, 0.3) is 5.91 Å². The normalized spacial score (nSPS) is 11.0. The van der Waals surface area contributed by atoms with Gasteiger partial charge in [-0.3, -0.25) is 4.79 Å². The molecule has 4 rings (SSSR count). The number of carbonyl (C=O) groups excluding carboxylic acids is 1. The highest BCUT2D eigenvalue weighted by Gasteiger charge is 2.21. The maximum absolute atomic E-state index is 14.5. The number of nitrogens with one attached hydrogen (secondary N) is 1. The summed E-state index contributed by atoms with van der Waals surface area (Å²) >= 11 is 1.27. The Hall–Kier alpha value is -3.26. The second kappa shape index (κ2) is 9.04. The number of fused-ring (bicyclic) bond motifs is 1. The number of carbonyl (C=O) groups is 1. The van der Waals surface area contributed by atoms with E-state index in [1.807, 2.05) is 36.4 Å². The number of aryl methyl sites for hydroxylation is 2. The number of hydrogen-bond donors (Lipinski definition) is 1. The van der Waals surface area contributed by atoms with Crippen molar-refractivity contribution >= 4 is 27.3 Å². The maximum atomic E-state index is 14.5. The molecule has 0 fully saturated rings. The van der Waals surface area contributed by atoms with Crippen LogP contribution in [-0.4, -0.2) is 22.6 Å². The number of para-hydroxylation sites is 1. The third kappa shape index (κ3) is 4.49. The predicted octanol–water partition coefficient (Wildman–Crippen LogP) is 4.67. The highest BCUT2D eigenvalue weighted by atomic mass is 32.1. The summed E-state index contributed by atoms with van der Waals surface area (Å²) < 4.78 is 26.2. The number of nitrogens with zero attached hydrogens (tertiary/aromatic N) is 2. The Kier molecular flexibility index (Phi) is 6.04. The van der Waals surface area contributed by atoms with Crippen LogP contribution in [0.25, 0.3) is 10.1 Å². The van der Waals surface area contributed by atoms with Crippen molar-refractivity contribution in [3.8, 4) is 5.75 Å². The summed E-state index contributed by atoms with van der Waals surface area (Å²) in [6.07, 6.45) is 1.23. The van der Waals surface area contributed by atoms with Gasteiger partial charge in [0.1, 0.15) is 18.2 Å². The van der Waals surface area contributed by atoms with Gasteiger partial charge in [0.15, 0.2) is 5.82 Å². The molecule has 0 aliphatic carbocycles. The van der Waals surface area contributed by atoms with Gasteiger partial charge in [0.2, 0.25) is 5.89 Å². The highest BCUT2D eigenvalue weighted by Crippen LogP contribution is 2.34. The second-order valence-corrected chi connectivity index (χ2v) is 7.77. The number of thiophene rings is 1. The van der Waals surface area contributed by atoms with Crippen molar-refractivity contribution in [3.05, 3.63) is 76.5 Å². The number of hydrogen-bond acceptors (Lipinski definition) is 6. The molecule has 0 saturated carbocycles. The molecule has 0 aliphatic rings. The average molecular weight is 425 g/mol. The van der Waals surface area contributed by atoms with Gasteiger partial charge in [-0.1, -0.05) is 29.4 Å². The summed E-state index contributed by atoms with van der Waals surface area (Å²) in [6, 6.07) is 14.1. The van der Waals surface area contributed by atoms with E-state index in [0.717, 1.165) is 0 Å². The van der Waals surface area contributed by atoms with Crippen LogP contribution in [0.5, 0.6) is 5.75 Å². The molecular weight excluding hydrogens is 405 g/mol. The van der Waals surface area contributed by atoms with E-state index in [1.165, 1.54) is 17.4 Å². The molecule has 1 N–H and O–H groups in total. The van der Waals surface area contributed by atoms with Gasteiger partial charge in [0, 0.05) is 28.6 Å². The van der Waals surface area contributed by atoms with E-state index < -0.39 is 0 Å². The van der Waals surface area contributed by atoms with Crippen molar-refractivity contribution in [2.45, 2.75) is 26.4 Å². The highest BCUT2D eigenvalue weighted by molar-refractivity contribution is 7.21. The van der Waals surface area contributed by atoms with Crippen molar-refractivity contribution in [3.63, 3.8) is 0 Å². The minimum absolute atomic E-state index is 0.106. The average Bonchev–Trinajstić information content (AvgIpc) is 3.34. The summed E-state index contributed by atoms with van der Waals surface area (Å²) in [6.45, 7) is 2.30. The van der Waals surface area contributed by atoms with Crippen molar-refractivity contribution in [1.82, 2.24) is 15.5 Å². The Morgan fingerprint density at radius 1 is 1.20 bits per heavy atom. The molecular formula is C22H20FN3O3S. The van der Waals surface area contributed by atoms with Gasteiger partial charge in [-0.2, -0.15) is 4.98 Å². The van der Waals surface area contributed by atoms with E-state index in [0.29, 0.717) is 57.4 Å². The lowest BCUT2D eigenvalue weighted by Gasteiger charge is -2.09. The summed E-state index contributed by atoms with van der Waals surface area (Å²) in [5, 5.41) is 7.08. The van der Waals surface area contributed by atoms with Crippen LogP contribution in [0.1, 0.15) is 33.4 Å². The quantitative estimate of drug-likeness (QED) is 0.415. The standard InChI is InChI=1S/C22H20FN3O3S/c1-14-25-19(29-26-14)11-6-12-24-22(27)21-16(13-28-15-7-3-2-4-8-15)20-17(23)9-5-10-18(20)30-21/h2-5,7-10H,6,11-13H2,1H3,(H,24,27). The Labute approximate surface area is 176 Å². The SMILES string of the molecule is Cc1noc(CCCNC(=O)c2sc3cccc(F)c3c2COc2ccccc2)n1. The minimum Gasteiger partial charge on any atom is -0.489 e. The number of amides is 1. The zero-order chi connectivity index (χ0) is 20.9.